The Morgan fingerprint density at radius 3 is 1.25 bits per heavy atom. The van der Waals surface area contributed by atoms with E-state index in [4.69, 9.17) is 14.5 Å². The molecule has 1 unspecified atom stereocenters. The Hall–Kier alpha value is -4.33. The summed E-state index contributed by atoms with van der Waals surface area (Å²) in [6.07, 6.45) is 8.26. The molecule has 0 radical (unpaired) electrons. The van der Waals surface area contributed by atoms with Crippen LogP contribution in [-0.4, -0.2) is 11.3 Å². The van der Waals surface area contributed by atoms with Gasteiger partial charge in [-0.05, 0) is 86.1 Å². The molecule has 2 heterocycles. The van der Waals surface area contributed by atoms with Gasteiger partial charge in [-0.2, -0.15) is 0 Å². The summed E-state index contributed by atoms with van der Waals surface area (Å²) in [4.78, 5) is 5.73. The molecule has 0 N–H and O–H groups in total. The van der Waals surface area contributed by atoms with Crippen molar-refractivity contribution in [1.82, 2.24) is 4.98 Å². The fraction of sp³-hybridized carbons (Fsp3) is 0.226. The Bertz CT molecular complexity index is 2160. The number of unbranched alkanes of at least 4 members (excludes halogenated alkanes) is 4. The quantitative estimate of drug-likeness (QED) is 0.102. The van der Waals surface area contributed by atoms with Gasteiger partial charge in [0.2, 0.25) is 0 Å². The zero-order valence-electron chi connectivity index (χ0n) is 34.7. The van der Waals surface area contributed by atoms with E-state index < -0.39 is 14.5 Å². The monoisotopic (exact) mass is 869 g/mol. The second-order valence-electron chi connectivity index (χ2n) is 15.4. The highest BCUT2D eigenvalue weighted by molar-refractivity contribution is 7.95. The molecule has 3 nitrogen and oxygen atoms in total. The van der Waals surface area contributed by atoms with Crippen LogP contribution in [0.15, 0.2) is 182 Å². The van der Waals surface area contributed by atoms with Gasteiger partial charge in [0.25, 0.3) is 0 Å². The van der Waals surface area contributed by atoms with Gasteiger partial charge >= 0.3 is 0 Å². The standard InChI is InChI=1S/C53H55NO2P2.2ClH/c1-3-4-5-6-25-38-52-55-39-49-50(40-57(43-26-13-7-14-27-43,44-28-15-8-16-29-44)45-30-17-9-18-31-45)51(54-42(2)53(49)56-52)41-58(46-32-19-10-20-33-46,47-34-21-11-22-35-47)48-36-23-12-24-37-48;;/h7-24,26-37,52H,3-6,25,38-41H2,1-2H3;2*1H/q+2;;/p-2. The number of hydrogen-bond donors (Lipinski definition) is 0. The molecule has 1 aliphatic heterocycles. The van der Waals surface area contributed by atoms with Gasteiger partial charge in [-0.15, -0.1) is 0 Å². The zero-order valence-corrected chi connectivity index (χ0v) is 38.0. The molecule has 60 heavy (non-hydrogen) atoms. The Labute approximate surface area is 371 Å². The first-order valence-electron chi connectivity index (χ1n) is 21.0. The number of nitrogens with zero attached hydrogens (tertiary/aromatic N) is 1. The number of benzene rings is 6. The van der Waals surface area contributed by atoms with Crippen LogP contribution in [0.2, 0.25) is 0 Å². The van der Waals surface area contributed by atoms with Crippen molar-refractivity contribution in [2.24, 2.45) is 0 Å². The van der Waals surface area contributed by atoms with Crippen molar-refractivity contribution in [3.05, 3.63) is 205 Å². The maximum Gasteiger partial charge on any atom is 0.200 e. The number of halogens is 2. The van der Waals surface area contributed by atoms with Gasteiger partial charge < -0.3 is 34.3 Å². The summed E-state index contributed by atoms with van der Waals surface area (Å²) in [5.74, 6) is 0.916. The average Bonchev–Trinajstić information content (AvgIpc) is 3.30. The first kappa shape index (κ1) is 45.2. The number of aromatic nitrogens is 1. The Morgan fingerprint density at radius 2 is 0.867 bits per heavy atom. The van der Waals surface area contributed by atoms with E-state index in [1.807, 2.05) is 0 Å². The summed E-state index contributed by atoms with van der Waals surface area (Å²) in [5, 5.41) is 8.10. The van der Waals surface area contributed by atoms with E-state index in [9.17, 15) is 0 Å². The molecule has 0 bridgehead atoms. The van der Waals surface area contributed by atoms with Crippen LogP contribution in [0.3, 0.4) is 0 Å². The molecule has 0 amide bonds. The van der Waals surface area contributed by atoms with Crippen LogP contribution >= 0.6 is 14.5 Å². The molecule has 6 aromatic carbocycles. The number of ether oxygens (including phenoxy) is 2. The maximum atomic E-state index is 6.92. The van der Waals surface area contributed by atoms with Crippen molar-refractivity contribution >= 4 is 46.4 Å². The van der Waals surface area contributed by atoms with E-state index in [1.54, 1.807) is 0 Å². The summed E-state index contributed by atoms with van der Waals surface area (Å²) >= 11 is 0. The number of pyridine rings is 1. The molecule has 1 atom stereocenters. The average molecular weight is 871 g/mol. The van der Waals surface area contributed by atoms with Crippen LogP contribution in [0.1, 0.15) is 68.0 Å². The summed E-state index contributed by atoms with van der Waals surface area (Å²) in [6, 6.07) is 67.3. The molecule has 1 aromatic heterocycles. The first-order valence-corrected chi connectivity index (χ1v) is 25.0. The lowest BCUT2D eigenvalue weighted by molar-refractivity contribution is -0.113. The number of hydrogen-bond acceptors (Lipinski definition) is 3. The molecular weight excluding hydrogens is 815 g/mol. The van der Waals surface area contributed by atoms with E-state index in [2.05, 4.69) is 196 Å². The van der Waals surface area contributed by atoms with Crippen molar-refractivity contribution in [2.45, 2.75) is 77.6 Å². The highest BCUT2D eigenvalue weighted by atomic mass is 35.5. The molecule has 0 saturated carbocycles. The smallest absolute Gasteiger partial charge is 0.200 e. The Kier molecular flexibility index (Phi) is 16.2. The lowest BCUT2D eigenvalue weighted by Crippen LogP contribution is -3.00. The van der Waals surface area contributed by atoms with Gasteiger partial charge in [0, 0.05) is 17.5 Å². The molecule has 7 heteroatoms. The SMILES string of the molecule is CCCCCCCC1OCc2c(C[P+](c3ccccc3)(c3ccccc3)c3ccccc3)c(C[P+](c3ccccc3)(c3ccccc3)c3ccccc3)nc(C)c2O1.[Cl-].[Cl-]. The van der Waals surface area contributed by atoms with Gasteiger partial charge in [-0.1, -0.05) is 142 Å². The lowest BCUT2D eigenvalue weighted by atomic mass is 10.0. The number of fused-ring (bicyclic) bond motifs is 1. The molecular formula is C53H55Cl2NO2P2. The summed E-state index contributed by atoms with van der Waals surface area (Å²) in [6.45, 7) is 4.92. The van der Waals surface area contributed by atoms with Crippen LogP contribution in [0.5, 0.6) is 5.75 Å². The lowest BCUT2D eigenvalue weighted by Gasteiger charge is -2.34. The van der Waals surface area contributed by atoms with Crippen LogP contribution in [-0.2, 0) is 23.7 Å². The largest absolute Gasteiger partial charge is 1.00 e. The summed E-state index contributed by atoms with van der Waals surface area (Å²) < 4.78 is 13.7. The summed E-state index contributed by atoms with van der Waals surface area (Å²) in [7, 11) is -4.63. The number of rotatable bonds is 16. The van der Waals surface area contributed by atoms with Crippen molar-refractivity contribution in [3.63, 3.8) is 0 Å². The normalized spacial score (nSPS) is 13.6. The second kappa shape index (κ2) is 21.5. The van der Waals surface area contributed by atoms with Crippen LogP contribution in [0.25, 0.3) is 0 Å². The van der Waals surface area contributed by atoms with E-state index in [1.165, 1.54) is 63.1 Å². The minimum atomic E-state index is -2.33. The first-order chi connectivity index (χ1) is 28.6. The highest BCUT2D eigenvalue weighted by Crippen LogP contribution is 2.62. The van der Waals surface area contributed by atoms with Gasteiger partial charge in [0.05, 0.1) is 18.0 Å². The molecule has 0 aliphatic carbocycles. The zero-order chi connectivity index (χ0) is 39.6. The predicted octanol–water partition coefficient (Wildman–Crippen LogP) is 4.98. The minimum absolute atomic E-state index is 0. The molecule has 7 aromatic rings. The summed E-state index contributed by atoms with van der Waals surface area (Å²) in [5.41, 5.74) is 4.50. The molecule has 0 spiro atoms. The van der Waals surface area contributed by atoms with Crippen LogP contribution in [0, 0.1) is 6.92 Å². The fourth-order valence-corrected chi connectivity index (χ4v) is 17.4. The Morgan fingerprint density at radius 1 is 0.500 bits per heavy atom. The van der Waals surface area contributed by atoms with E-state index in [0.29, 0.717) is 6.61 Å². The van der Waals surface area contributed by atoms with Crippen molar-refractivity contribution < 1.29 is 34.3 Å². The molecule has 1 aliphatic rings. The molecule has 0 saturated heterocycles. The van der Waals surface area contributed by atoms with Gasteiger partial charge in [-0.3, -0.25) is 0 Å². The van der Waals surface area contributed by atoms with Gasteiger partial charge in [0.1, 0.15) is 64.4 Å². The second-order valence-corrected chi connectivity index (χ2v) is 22.4. The molecule has 8 rings (SSSR count). The molecule has 0 fully saturated rings. The van der Waals surface area contributed by atoms with E-state index in [0.717, 1.165) is 47.9 Å². The van der Waals surface area contributed by atoms with Crippen LogP contribution in [0.4, 0.5) is 0 Å². The third-order valence-electron chi connectivity index (χ3n) is 11.8. The topological polar surface area (TPSA) is 31.4 Å². The van der Waals surface area contributed by atoms with E-state index >= 15 is 0 Å². The van der Waals surface area contributed by atoms with E-state index in [-0.39, 0.29) is 31.1 Å². The van der Waals surface area contributed by atoms with Crippen molar-refractivity contribution in [2.75, 3.05) is 0 Å². The third kappa shape index (κ3) is 9.43. The third-order valence-corrected chi connectivity index (χ3v) is 20.4. The predicted molar refractivity (Wildman–Crippen MR) is 249 cm³/mol. The van der Waals surface area contributed by atoms with Crippen molar-refractivity contribution in [1.29, 1.82) is 0 Å². The minimum Gasteiger partial charge on any atom is -1.00 e. The maximum absolute atomic E-state index is 6.92. The Balaban J connectivity index is 0.00000302. The fourth-order valence-electron chi connectivity index (χ4n) is 8.87. The molecule has 308 valence electrons. The number of aryl methyl sites for hydroxylation is 1. The van der Waals surface area contributed by atoms with Crippen LogP contribution < -0.4 is 61.4 Å². The highest BCUT2D eigenvalue weighted by Gasteiger charge is 2.50. The van der Waals surface area contributed by atoms with Gasteiger partial charge in [-0.25, -0.2) is 4.98 Å². The van der Waals surface area contributed by atoms with Crippen molar-refractivity contribution in [3.8, 4) is 5.75 Å². The van der Waals surface area contributed by atoms with Gasteiger partial charge in [0.15, 0.2) is 6.29 Å².